The van der Waals surface area contributed by atoms with Gasteiger partial charge in [0.2, 0.25) is 10.0 Å². The van der Waals surface area contributed by atoms with Gasteiger partial charge in [-0.2, -0.15) is 0 Å². The number of nitrogens with zero attached hydrogens (tertiary/aromatic N) is 1. The number of esters is 1. The monoisotopic (exact) mass is 380 g/mol. The molecule has 1 saturated carbocycles. The number of carbonyl (C=O) groups is 1. The first-order valence-corrected chi connectivity index (χ1v) is 10.9. The van der Waals surface area contributed by atoms with Crippen LogP contribution in [0.4, 0.5) is 0 Å². The fraction of sp³-hybridized carbons (Fsp3) is 0.632. The number of likely N-dealkylation sites (tertiary alicyclic amines) is 1. The SMILES string of the molecule is COC(=O)C1CCCC1S(=O)(=O)NC1CCCN(Cc2ccccc2)C1. The molecule has 3 unspecified atom stereocenters. The van der Waals surface area contributed by atoms with E-state index in [9.17, 15) is 13.2 Å². The van der Waals surface area contributed by atoms with Crippen LogP contribution in [0.25, 0.3) is 0 Å². The number of nitrogens with one attached hydrogen (secondary N) is 1. The average Bonchev–Trinajstić information content (AvgIpc) is 3.13. The summed E-state index contributed by atoms with van der Waals surface area (Å²) in [5, 5.41) is -0.667. The zero-order valence-electron chi connectivity index (χ0n) is 15.3. The molecule has 1 heterocycles. The second kappa shape index (κ2) is 8.50. The van der Waals surface area contributed by atoms with Crippen LogP contribution in [0.15, 0.2) is 30.3 Å². The molecule has 6 nitrogen and oxygen atoms in total. The van der Waals surface area contributed by atoms with Crippen molar-refractivity contribution in [2.75, 3.05) is 20.2 Å². The molecule has 0 radical (unpaired) electrons. The Balaban J connectivity index is 1.61. The van der Waals surface area contributed by atoms with Crippen molar-refractivity contribution in [3.8, 4) is 0 Å². The third-order valence-electron chi connectivity index (χ3n) is 5.44. The third-order valence-corrected chi connectivity index (χ3v) is 7.46. The summed E-state index contributed by atoms with van der Waals surface area (Å²) in [6.45, 7) is 2.50. The lowest BCUT2D eigenvalue weighted by Crippen LogP contribution is -2.50. The van der Waals surface area contributed by atoms with Crippen molar-refractivity contribution in [2.24, 2.45) is 5.92 Å². The van der Waals surface area contributed by atoms with Gasteiger partial charge in [0, 0.05) is 19.1 Å². The predicted octanol–water partition coefficient (Wildman–Crippen LogP) is 1.91. The predicted molar refractivity (Wildman–Crippen MR) is 99.9 cm³/mol. The first-order valence-electron chi connectivity index (χ1n) is 9.35. The molecule has 7 heteroatoms. The Labute approximate surface area is 156 Å². The van der Waals surface area contributed by atoms with Gasteiger partial charge in [-0.05, 0) is 37.8 Å². The highest BCUT2D eigenvalue weighted by Gasteiger charge is 2.43. The van der Waals surface area contributed by atoms with Crippen molar-refractivity contribution >= 4 is 16.0 Å². The second-order valence-corrected chi connectivity index (χ2v) is 9.25. The van der Waals surface area contributed by atoms with Crippen LogP contribution in [-0.2, 0) is 26.1 Å². The normalized spacial score (nSPS) is 27.3. The van der Waals surface area contributed by atoms with Crippen molar-refractivity contribution in [3.05, 3.63) is 35.9 Å². The first-order chi connectivity index (χ1) is 12.5. The minimum atomic E-state index is -3.54. The number of hydrogen-bond acceptors (Lipinski definition) is 5. The number of rotatable bonds is 6. The molecule has 0 bridgehead atoms. The quantitative estimate of drug-likeness (QED) is 0.763. The lowest BCUT2D eigenvalue weighted by Gasteiger charge is -2.34. The van der Waals surface area contributed by atoms with Crippen LogP contribution < -0.4 is 4.72 Å². The van der Waals surface area contributed by atoms with Crippen molar-refractivity contribution in [1.29, 1.82) is 0 Å². The number of ether oxygens (including phenoxy) is 1. The summed E-state index contributed by atoms with van der Waals surface area (Å²) in [5.74, 6) is -0.950. The molecule has 1 aliphatic carbocycles. The summed E-state index contributed by atoms with van der Waals surface area (Å²) >= 11 is 0. The third kappa shape index (κ3) is 4.64. The maximum atomic E-state index is 12.9. The number of carbonyl (C=O) groups excluding carboxylic acids is 1. The molecule has 2 aliphatic rings. The summed E-state index contributed by atoms with van der Waals surface area (Å²) in [5.41, 5.74) is 1.23. The summed E-state index contributed by atoms with van der Waals surface area (Å²) in [6, 6.07) is 10.1. The van der Waals surface area contributed by atoms with Gasteiger partial charge in [0.25, 0.3) is 0 Å². The van der Waals surface area contributed by atoms with E-state index < -0.39 is 27.2 Å². The van der Waals surface area contributed by atoms with Gasteiger partial charge in [0.1, 0.15) is 0 Å². The minimum absolute atomic E-state index is 0.101. The van der Waals surface area contributed by atoms with Crippen LogP contribution in [0.1, 0.15) is 37.7 Å². The highest BCUT2D eigenvalue weighted by atomic mass is 32.2. The highest BCUT2D eigenvalue weighted by Crippen LogP contribution is 2.32. The van der Waals surface area contributed by atoms with Gasteiger partial charge >= 0.3 is 5.97 Å². The van der Waals surface area contributed by atoms with Gasteiger partial charge in [0.15, 0.2) is 0 Å². The molecule has 3 atom stereocenters. The number of sulfonamides is 1. The Morgan fingerprint density at radius 1 is 1.19 bits per heavy atom. The van der Waals surface area contributed by atoms with Crippen molar-refractivity contribution in [1.82, 2.24) is 9.62 Å². The minimum Gasteiger partial charge on any atom is -0.469 e. The maximum Gasteiger partial charge on any atom is 0.310 e. The molecular formula is C19H28N2O4S. The molecule has 0 spiro atoms. The van der Waals surface area contributed by atoms with Crippen LogP contribution in [-0.4, -0.2) is 50.8 Å². The Bertz CT molecular complexity index is 708. The van der Waals surface area contributed by atoms with E-state index in [1.165, 1.54) is 12.7 Å². The standard InChI is InChI=1S/C19H28N2O4S/c1-25-19(22)17-10-5-11-18(17)26(23,24)20-16-9-6-12-21(14-16)13-15-7-3-2-4-8-15/h2-4,7-8,16-18,20H,5-6,9-14H2,1H3. The van der Waals surface area contributed by atoms with Crippen molar-refractivity contribution < 1.29 is 17.9 Å². The largest absolute Gasteiger partial charge is 0.469 e. The van der Waals surface area contributed by atoms with E-state index >= 15 is 0 Å². The summed E-state index contributed by atoms with van der Waals surface area (Å²) < 4.78 is 33.4. The van der Waals surface area contributed by atoms with Gasteiger partial charge in [-0.15, -0.1) is 0 Å². The molecule has 1 aromatic carbocycles. The van der Waals surface area contributed by atoms with Crippen LogP contribution >= 0.6 is 0 Å². The number of methoxy groups -OCH3 is 1. The van der Waals surface area contributed by atoms with E-state index in [0.29, 0.717) is 19.4 Å². The van der Waals surface area contributed by atoms with E-state index in [4.69, 9.17) is 4.74 Å². The fourth-order valence-electron chi connectivity index (χ4n) is 4.18. The molecule has 1 aliphatic heterocycles. The zero-order chi connectivity index (χ0) is 18.6. The average molecular weight is 381 g/mol. The van der Waals surface area contributed by atoms with Crippen LogP contribution in [0.5, 0.6) is 0 Å². The molecule has 3 rings (SSSR count). The molecule has 26 heavy (non-hydrogen) atoms. The van der Waals surface area contributed by atoms with Crippen LogP contribution in [0.2, 0.25) is 0 Å². The number of benzene rings is 1. The molecule has 1 saturated heterocycles. The lowest BCUT2D eigenvalue weighted by molar-refractivity contribution is -0.145. The molecule has 0 amide bonds. The maximum absolute atomic E-state index is 12.9. The second-order valence-electron chi connectivity index (χ2n) is 7.32. The van der Waals surface area contributed by atoms with Gasteiger partial charge in [-0.25, -0.2) is 13.1 Å². The van der Waals surface area contributed by atoms with Gasteiger partial charge in [-0.1, -0.05) is 36.8 Å². The van der Waals surface area contributed by atoms with Gasteiger partial charge < -0.3 is 4.74 Å². The molecular weight excluding hydrogens is 352 g/mol. The smallest absolute Gasteiger partial charge is 0.310 e. The fourth-order valence-corrected chi connectivity index (χ4v) is 6.16. The molecule has 0 aromatic heterocycles. The summed E-state index contributed by atoms with van der Waals surface area (Å²) in [7, 11) is -2.22. The van der Waals surface area contributed by atoms with Crippen LogP contribution in [0.3, 0.4) is 0 Å². The molecule has 144 valence electrons. The summed E-state index contributed by atoms with van der Waals surface area (Å²) in [4.78, 5) is 14.2. The van der Waals surface area contributed by atoms with E-state index in [2.05, 4.69) is 21.8 Å². The molecule has 1 N–H and O–H groups in total. The Hall–Kier alpha value is -1.44. The Morgan fingerprint density at radius 2 is 1.96 bits per heavy atom. The topological polar surface area (TPSA) is 75.7 Å². The van der Waals surface area contributed by atoms with E-state index in [0.717, 1.165) is 32.4 Å². The van der Waals surface area contributed by atoms with E-state index in [1.807, 2.05) is 18.2 Å². The number of piperidine rings is 1. The number of hydrogen-bond donors (Lipinski definition) is 1. The van der Waals surface area contributed by atoms with E-state index in [1.54, 1.807) is 0 Å². The zero-order valence-corrected chi connectivity index (χ0v) is 16.1. The van der Waals surface area contributed by atoms with Gasteiger partial charge in [-0.3, -0.25) is 9.69 Å². The lowest BCUT2D eigenvalue weighted by atomic mass is 10.1. The Kier molecular flexibility index (Phi) is 6.32. The highest BCUT2D eigenvalue weighted by molar-refractivity contribution is 7.90. The van der Waals surface area contributed by atoms with E-state index in [-0.39, 0.29) is 6.04 Å². The van der Waals surface area contributed by atoms with Gasteiger partial charge in [0.05, 0.1) is 18.3 Å². The molecule has 2 fully saturated rings. The Morgan fingerprint density at radius 3 is 2.69 bits per heavy atom. The van der Waals surface area contributed by atoms with Crippen molar-refractivity contribution in [2.45, 2.75) is 49.9 Å². The first kappa shape index (κ1) is 19.3. The molecule has 1 aromatic rings. The van der Waals surface area contributed by atoms with Crippen molar-refractivity contribution in [3.63, 3.8) is 0 Å². The van der Waals surface area contributed by atoms with Crippen LogP contribution in [0, 0.1) is 5.92 Å². The summed E-state index contributed by atoms with van der Waals surface area (Å²) in [6.07, 6.45) is 3.65.